The van der Waals surface area contributed by atoms with Crippen molar-refractivity contribution in [1.82, 2.24) is 4.72 Å². The maximum atomic E-state index is 12.4. The summed E-state index contributed by atoms with van der Waals surface area (Å²) in [5.41, 5.74) is 5.49. The average molecular weight is 314 g/mol. The smallest absolute Gasteiger partial charge is 0.241 e. The van der Waals surface area contributed by atoms with Gasteiger partial charge in [-0.3, -0.25) is 0 Å². The van der Waals surface area contributed by atoms with Crippen molar-refractivity contribution >= 4 is 27.2 Å². The Labute approximate surface area is 124 Å². The molecular formula is C13H18N2O3S2. The topological polar surface area (TPSA) is 81.4 Å². The van der Waals surface area contributed by atoms with Crippen LogP contribution in [0.25, 0.3) is 0 Å². The first-order valence-corrected chi connectivity index (χ1v) is 8.23. The fraction of sp³-hybridized carbons (Fsp3) is 0.462. The van der Waals surface area contributed by atoms with E-state index in [1.807, 2.05) is 6.92 Å². The maximum Gasteiger partial charge on any atom is 0.241 e. The summed E-state index contributed by atoms with van der Waals surface area (Å²) < 4.78 is 32.9. The van der Waals surface area contributed by atoms with Crippen molar-refractivity contribution in [3.05, 3.63) is 29.8 Å². The molecule has 0 spiro atoms. The Kier molecular flexibility index (Phi) is 4.43. The van der Waals surface area contributed by atoms with Crippen LogP contribution in [-0.2, 0) is 14.8 Å². The monoisotopic (exact) mass is 314 g/mol. The summed E-state index contributed by atoms with van der Waals surface area (Å²) in [4.78, 5) is 0.337. The van der Waals surface area contributed by atoms with E-state index in [2.05, 4.69) is 4.72 Å². The molecular weight excluding hydrogens is 296 g/mol. The van der Waals surface area contributed by atoms with Gasteiger partial charge in [-0.2, -0.15) is 0 Å². The van der Waals surface area contributed by atoms with Crippen LogP contribution in [0.2, 0.25) is 0 Å². The normalized spacial score (nSPS) is 23.4. The van der Waals surface area contributed by atoms with E-state index in [0.29, 0.717) is 18.8 Å². The van der Waals surface area contributed by atoms with Gasteiger partial charge in [-0.25, -0.2) is 13.1 Å². The van der Waals surface area contributed by atoms with Crippen LogP contribution in [-0.4, -0.2) is 32.2 Å². The Hall–Kier alpha value is -1.02. The molecule has 5 nitrogen and oxygen atoms in total. The van der Waals surface area contributed by atoms with Gasteiger partial charge in [0.05, 0.1) is 17.0 Å². The lowest BCUT2D eigenvalue weighted by molar-refractivity contribution is 0.0386. The molecule has 0 radical (unpaired) electrons. The summed E-state index contributed by atoms with van der Waals surface area (Å²) in [6, 6.07) is 6.32. The van der Waals surface area contributed by atoms with Gasteiger partial charge in [-0.1, -0.05) is 24.4 Å². The Morgan fingerprint density at radius 1 is 1.50 bits per heavy atom. The van der Waals surface area contributed by atoms with E-state index in [0.717, 1.165) is 12.8 Å². The van der Waals surface area contributed by atoms with Crippen LogP contribution < -0.4 is 10.5 Å². The second-order valence-electron chi connectivity index (χ2n) is 5.21. The molecule has 1 fully saturated rings. The van der Waals surface area contributed by atoms with Gasteiger partial charge in [0, 0.05) is 12.2 Å². The first-order chi connectivity index (χ1) is 9.32. The first kappa shape index (κ1) is 15.4. The van der Waals surface area contributed by atoms with E-state index in [9.17, 15) is 8.42 Å². The molecule has 0 aromatic heterocycles. The number of nitrogens with one attached hydrogen (secondary N) is 1. The maximum absolute atomic E-state index is 12.4. The van der Waals surface area contributed by atoms with Crippen molar-refractivity contribution < 1.29 is 13.2 Å². The van der Waals surface area contributed by atoms with Crippen LogP contribution in [0.5, 0.6) is 0 Å². The van der Waals surface area contributed by atoms with Crippen LogP contribution >= 0.6 is 12.2 Å². The third-order valence-electron chi connectivity index (χ3n) is 3.25. The average Bonchev–Trinajstić information content (AvgIpc) is 2.38. The fourth-order valence-electron chi connectivity index (χ4n) is 2.21. The lowest BCUT2D eigenvalue weighted by atomic mass is 9.97. The van der Waals surface area contributed by atoms with E-state index in [1.54, 1.807) is 12.1 Å². The van der Waals surface area contributed by atoms with Crippen molar-refractivity contribution in [3.8, 4) is 0 Å². The van der Waals surface area contributed by atoms with Gasteiger partial charge >= 0.3 is 0 Å². The predicted octanol–water partition coefficient (Wildman–Crippen LogP) is 1.17. The Bertz CT molecular complexity index is 608. The molecule has 0 bridgehead atoms. The van der Waals surface area contributed by atoms with Gasteiger partial charge in [0.2, 0.25) is 10.0 Å². The van der Waals surface area contributed by atoms with Gasteiger partial charge in [0.15, 0.2) is 0 Å². The number of ether oxygens (including phenoxy) is 1. The molecule has 3 N–H and O–H groups in total. The summed E-state index contributed by atoms with van der Waals surface area (Å²) in [6.45, 7) is 2.90. The van der Waals surface area contributed by atoms with Gasteiger partial charge in [-0.05, 0) is 31.9 Å². The summed E-state index contributed by atoms with van der Waals surface area (Å²) >= 11 is 4.87. The summed E-state index contributed by atoms with van der Waals surface area (Å²) in [5.74, 6) is 0. The molecule has 0 amide bonds. The number of benzene rings is 1. The fourth-order valence-corrected chi connectivity index (χ4v) is 3.81. The van der Waals surface area contributed by atoms with Gasteiger partial charge < -0.3 is 10.5 Å². The minimum absolute atomic E-state index is 0.162. The molecule has 0 aliphatic carbocycles. The largest absolute Gasteiger partial charge is 0.389 e. The molecule has 1 aliphatic heterocycles. The molecule has 2 rings (SSSR count). The van der Waals surface area contributed by atoms with E-state index < -0.39 is 15.6 Å². The van der Waals surface area contributed by atoms with E-state index in [1.165, 1.54) is 12.1 Å². The third-order valence-corrected chi connectivity index (χ3v) is 5.12. The van der Waals surface area contributed by atoms with Gasteiger partial charge in [0.1, 0.15) is 4.99 Å². The Balaban J connectivity index is 2.26. The number of nitrogens with two attached hydrogens (primary N) is 1. The summed E-state index contributed by atoms with van der Waals surface area (Å²) in [5, 5.41) is 0. The van der Waals surface area contributed by atoms with Crippen molar-refractivity contribution in [2.45, 2.75) is 30.2 Å². The van der Waals surface area contributed by atoms with E-state index in [4.69, 9.17) is 22.7 Å². The van der Waals surface area contributed by atoms with Crippen molar-refractivity contribution in [1.29, 1.82) is 0 Å². The Morgan fingerprint density at radius 2 is 2.25 bits per heavy atom. The predicted molar refractivity (Wildman–Crippen MR) is 81.1 cm³/mol. The minimum Gasteiger partial charge on any atom is -0.389 e. The SMILES string of the molecule is CC1(NS(=O)(=O)c2cccc(C(N)=S)c2)CCCOC1. The van der Waals surface area contributed by atoms with Crippen LogP contribution in [0.1, 0.15) is 25.3 Å². The minimum atomic E-state index is -3.62. The molecule has 1 unspecified atom stereocenters. The molecule has 1 aromatic carbocycles. The zero-order valence-corrected chi connectivity index (χ0v) is 12.9. The van der Waals surface area contributed by atoms with Crippen molar-refractivity contribution in [3.63, 3.8) is 0 Å². The second-order valence-corrected chi connectivity index (χ2v) is 7.34. The highest BCUT2D eigenvalue weighted by Gasteiger charge is 2.32. The number of thiocarbonyl (C=S) groups is 1. The summed E-state index contributed by atoms with van der Waals surface area (Å²) in [7, 11) is -3.62. The molecule has 110 valence electrons. The number of hydrogen-bond donors (Lipinski definition) is 2. The number of hydrogen-bond acceptors (Lipinski definition) is 4. The quantitative estimate of drug-likeness (QED) is 0.815. The number of sulfonamides is 1. The van der Waals surface area contributed by atoms with Crippen LogP contribution in [0, 0.1) is 0 Å². The Morgan fingerprint density at radius 3 is 2.85 bits per heavy atom. The first-order valence-electron chi connectivity index (χ1n) is 6.34. The molecule has 1 atom stereocenters. The van der Waals surface area contributed by atoms with Crippen molar-refractivity contribution in [2.24, 2.45) is 5.73 Å². The molecule has 20 heavy (non-hydrogen) atoms. The highest BCUT2D eigenvalue weighted by atomic mass is 32.2. The zero-order chi connectivity index (χ0) is 14.8. The lowest BCUT2D eigenvalue weighted by Gasteiger charge is -2.33. The highest BCUT2D eigenvalue weighted by molar-refractivity contribution is 7.89. The standard InChI is InChI=1S/C13H18N2O3S2/c1-13(6-3-7-18-9-13)15-20(16,17)11-5-2-4-10(8-11)12(14)19/h2,4-5,8,15H,3,6-7,9H2,1H3,(H2,14,19). The van der Waals surface area contributed by atoms with Gasteiger partial charge in [0.25, 0.3) is 0 Å². The molecule has 1 aliphatic rings. The second kappa shape index (κ2) is 5.77. The van der Waals surface area contributed by atoms with E-state index in [-0.39, 0.29) is 9.88 Å². The molecule has 7 heteroatoms. The molecule has 1 heterocycles. The molecule has 1 aromatic rings. The van der Waals surface area contributed by atoms with Gasteiger partial charge in [-0.15, -0.1) is 0 Å². The zero-order valence-electron chi connectivity index (χ0n) is 11.3. The van der Waals surface area contributed by atoms with E-state index >= 15 is 0 Å². The molecule has 1 saturated heterocycles. The molecule has 0 saturated carbocycles. The lowest BCUT2D eigenvalue weighted by Crippen LogP contribution is -2.51. The van der Waals surface area contributed by atoms with Crippen LogP contribution in [0.4, 0.5) is 0 Å². The van der Waals surface area contributed by atoms with Crippen LogP contribution in [0.3, 0.4) is 0 Å². The van der Waals surface area contributed by atoms with Crippen LogP contribution in [0.15, 0.2) is 29.2 Å². The third kappa shape index (κ3) is 3.54. The highest BCUT2D eigenvalue weighted by Crippen LogP contribution is 2.22. The van der Waals surface area contributed by atoms with Crippen molar-refractivity contribution in [2.75, 3.05) is 13.2 Å². The number of rotatable bonds is 4. The summed E-state index contributed by atoms with van der Waals surface area (Å²) in [6.07, 6.45) is 1.59.